The third kappa shape index (κ3) is 14.4. The van der Waals surface area contributed by atoms with Crippen molar-refractivity contribution < 1.29 is 23.0 Å². The number of phosphoric acid groups is 1. The van der Waals surface area contributed by atoms with Gasteiger partial charge in [-0.25, -0.2) is 0 Å². The lowest BCUT2D eigenvalue weighted by Gasteiger charge is -2.39. The average Bonchev–Trinajstić information content (AvgIpc) is 2.61. The third-order valence-electron chi connectivity index (χ3n) is 4.39. The molecule has 0 radical (unpaired) electrons. The molecule has 148 valence electrons. The Kier molecular flexibility index (Phi) is 18.1. The summed E-state index contributed by atoms with van der Waals surface area (Å²) < 4.78 is 19.1. The molecule has 0 spiro atoms. The lowest BCUT2D eigenvalue weighted by atomic mass is 10.1. The van der Waals surface area contributed by atoms with Crippen molar-refractivity contribution in [2.24, 2.45) is 0 Å². The first kappa shape index (κ1) is 26.3. The first-order valence-electron chi connectivity index (χ1n) is 9.64. The minimum absolute atomic E-state index is 1.04. The fourth-order valence-corrected chi connectivity index (χ4v) is 2.87. The highest BCUT2D eigenvalue weighted by atomic mass is 31.2. The summed E-state index contributed by atoms with van der Waals surface area (Å²) in [7, 11) is -1.83. The molecule has 0 aromatic rings. The highest BCUT2D eigenvalue weighted by molar-refractivity contribution is 7.45. The summed E-state index contributed by atoms with van der Waals surface area (Å²) in [4.78, 5) is 9.95. The van der Waals surface area contributed by atoms with Gasteiger partial charge < -0.3 is 18.4 Å². The minimum atomic E-state index is -3.90. The number of rotatable bonds is 14. The molecule has 24 heavy (non-hydrogen) atoms. The largest absolute Gasteiger partial charge is 0.756 e. The average molecular weight is 368 g/mol. The van der Waals surface area contributed by atoms with Gasteiger partial charge in [-0.1, -0.05) is 53.4 Å². The molecule has 0 saturated carbocycles. The van der Waals surface area contributed by atoms with Crippen molar-refractivity contribution in [3.8, 4) is 0 Å². The minimum Gasteiger partial charge on any atom is -0.756 e. The van der Waals surface area contributed by atoms with Crippen LogP contribution in [0, 0.1) is 0 Å². The van der Waals surface area contributed by atoms with Gasteiger partial charge >= 0.3 is 0 Å². The van der Waals surface area contributed by atoms with Gasteiger partial charge in [0.25, 0.3) is 7.82 Å². The van der Waals surface area contributed by atoms with Crippen LogP contribution in [0.2, 0.25) is 0 Å². The fourth-order valence-electron chi connectivity index (χ4n) is 2.72. The Hall–Kier alpha value is 0.0700. The first-order valence-corrected chi connectivity index (χ1v) is 11.1. The summed E-state index contributed by atoms with van der Waals surface area (Å²) in [6.07, 6.45) is 11.1. The van der Waals surface area contributed by atoms with Crippen LogP contribution in [0.3, 0.4) is 0 Å². The number of nitrogens with zero attached hydrogens (tertiary/aromatic N) is 1. The van der Waals surface area contributed by atoms with Crippen molar-refractivity contribution >= 4 is 7.82 Å². The summed E-state index contributed by atoms with van der Waals surface area (Å²) in [5, 5.41) is 0. The van der Waals surface area contributed by atoms with Crippen LogP contribution in [-0.2, 0) is 13.6 Å². The molecule has 0 rings (SSSR count). The van der Waals surface area contributed by atoms with E-state index in [9.17, 15) is 9.46 Å². The van der Waals surface area contributed by atoms with E-state index in [1.54, 1.807) is 0 Å². The number of quaternary nitrogens is 1. The second-order valence-electron chi connectivity index (χ2n) is 6.46. The predicted octanol–water partition coefficient (Wildman–Crippen LogP) is 4.75. The molecule has 0 amide bonds. The molecule has 0 aliphatic carbocycles. The molecule has 0 aliphatic heterocycles. The topological polar surface area (TPSA) is 58.6 Å². The number of phosphoric ester groups is 1. The Morgan fingerprint density at radius 3 is 1.08 bits per heavy atom. The van der Waals surface area contributed by atoms with Crippen LogP contribution in [0.1, 0.15) is 79.1 Å². The zero-order valence-electron chi connectivity index (χ0n) is 17.0. The number of hydrogen-bond donors (Lipinski definition) is 0. The van der Waals surface area contributed by atoms with Crippen LogP contribution in [0.25, 0.3) is 0 Å². The predicted molar refractivity (Wildman–Crippen MR) is 101 cm³/mol. The van der Waals surface area contributed by atoms with Gasteiger partial charge in [-0.2, -0.15) is 0 Å². The molecule has 0 unspecified atom stereocenters. The van der Waals surface area contributed by atoms with E-state index >= 15 is 0 Å². The Labute approximate surface area is 150 Å². The van der Waals surface area contributed by atoms with E-state index in [-0.39, 0.29) is 0 Å². The summed E-state index contributed by atoms with van der Waals surface area (Å²) in [5.41, 5.74) is 0. The molecular formula is C18H42NO4P. The van der Waals surface area contributed by atoms with E-state index in [1.165, 1.54) is 82.0 Å². The standard InChI is InChI=1S/C16H36N.C2H7O4P/c1-5-9-13-17(14-10-6-2,15-11-7-3)16-12-8-4;1-5-7(3,4)6-2/h5-16H2,1-4H3;1-2H3,(H,3,4)/q+1;/p-1. The molecule has 6 heteroatoms. The van der Waals surface area contributed by atoms with Crippen molar-refractivity contribution in [3.05, 3.63) is 0 Å². The van der Waals surface area contributed by atoms with Gasteiger partial charge in [0, 0.05) is 14.2 Å². The van der Waals surface area contributed by atoms with Crippen LogP contribution in [0.4, 0.5) is 0 Å². The monoisotopic (exact) mass is 367 g/mol. The smallest absolute Gasteiger partial charge is 0.267 e. The quantitative estimate of drug-likeness (QED) is 0.328. The Morgan fingerprint density at radius 2 is 0.958 bits per heavy atom. The van der Waals surface area contributed by atoms with Crippen LogP contribution in [0.15, 0.2) is 0 Å². The van der Waals surface area contributed by atoms with Crippen LogP contribution >= 0.6 is 7.82 Å². The highest BCUT2D eigenvalue weighted by Crippen LogP contribution is 2.34. The molecule has 0 bridgehead atoms. The zero-order chi connectivity index (χ0) is 18.9. The highest BCUT2D eigenvalue weighted by Gasteiger charge is 2.24. The Bertz CT molecular complexity index is 268. The molecule has 0 aromatic carbocycles. The van der Waals surface area contributed by atoms with Crippen molar-refractivity contribution in [2.75, 3.05) is 40.4 Å². The molecule has 0 atom stereocenters. The molecule has 0 fully saturated rings. The van der Waals surface area contributed by atoms with E-state index in [1.807, 2.05) is 0 Å². The molecule has 0 aromatic heterocycles. The van der Waals surface area contributed by atoms with E-state index in [0.717, 1.165) is 14.2 Å². The van der Waals surface area contributed by atoms with Crippen LogP contribution in [-0.4, -0.2) is 44.9 Å². The van der Waals surface area contributed by atoms with Gasteiger partial charge in [-0.05, 0) is 25.7 Å². The van der Waals surface area contributed by atoms with E-state index in [0.29, 0.717) is 0 Å². The SMILES string of the molecule is CCCC[N+](CCCC)(CCCC)CCCC.COP(=O)([O-])OC. The summed E-state index contributed by atoms with van der Waals surface area (Å²) in [5.74, 6) is 0. The Morgan fingerprint density at radius 1 is 0.708 bits per heavy atom. The van der Waals surface area contributed by atoms with Crippen molar-refractivity contribution in [1.82, 2.24) is 0 Å². The molecular weight excluding hydrogens is 325 g/mol. The summed E-state index contributed by atoms with van der Waals surface area (Å²) >= 11 is 0. The second-order valence-corrected chi connectivity index (χ2v) is 8.09. The maximum Gasteiger partial charge on any atom is 0.267 e. The Balaban J connectivity index is 0. The lowest BCUT2D eigenvalue weighted by Crippen LogP contribution is -2.50. The van der Waals surface area contributed by atoms with Crippen molar-refractivity contribution in [1.29, 1.82) is 0 Å². The van der Waals surface area contributed by atoms with Gasteiger partial charge in [-0.15, -0.1) is 0 Å². The molecule has 0 aliphatic rings. The van der Waals surface area contributed by atoms with Crippen LogP contribution in [0.5, 0.6) is 0 Å². The van der Waals surface area contributed by atoms with E-state index in [2.05, 4.69) is 36.7 Å². The van der Waals surface area contributed by atoms with Crippen molar-refractivity contribution in [2.45, 2.75) is 79.1 Å². The number of unbranched alkanes of at least 4 members (excludes halogenated alkanes) is 4. The van der Waals surface area contributed by atoms with Gasteiger partial charge in [0.05, 0.1) is 26.2 Å². The van der Waals surface area contributed by atoms with E-state index in [4.69, 9.17) is 0 Å². The molecule has 0 N–H and O–H groups in total. The van der Waals surface area contributed by atoms with Gasteiger partial charge in [0.2, 0.25) is 0 Å². The van der Waals surface area contributed by atoms with Gasteiger partial charge in [0.1, 0.15) is 0 Å². The maximum absolute atomic E-state index is 9.95. The van der Waals surface area contributed by atoms with E-state index < -0.39 is 7.82 Å². The number of hydrogen-bond acceptors (Lipinski definition) is 4. The molecule has 0 saturated heterocycles. The molecule has 0 heterocycles. The van der Waals surface area contributed by atoms with Gasteiger partial charge in [-0.3, -0.25) is 4.57 Å². The maximum atomic E-state index is 9.95. The van der Waals surface area contributed by atoms with Gasteiger partial charge in [0.15, 0.2) is 0 Å². The normalized spacial score (nSPS) is 12.0. The summed E-state index contributed by atoms with van der Waals surface area (Å²) in [6.45, 7) is 15.0. The fraction of sp³-hybridized carbons (Fsp3) is 1.00. The first-order chi connectivity index (χ1) is 11.4. The van der Waals surface area contributed by atoms with Crippen LogP contribution < -0.4 is 4.89 Å². The second kappa shape index (κ2) is 16.5. The lowest BCUT2D eigenvalue weighted by molar-refractivity contribution is -0.929. The zero-order valence-corrected chi connectivity index (χ0v) is 17.9. The van der Waals surface area contributed by atoms with Crippen molar-refractivity contribution in [3.63, 3.8) is 0 Å². The summed E-state index contributed by atoms with van der Waals surface area (Å²) in [6, 6.07) is 0. The third-order valence-corrected chi connectivity index (χ3v) is 5.29. The molecule has 5 nitrogen and oxygen atoms in total.